The average molecular weight is 384 g/mol. The van der Waals surface area contributed by atoms with Crippen molar-refractivity contribution < 1.29 is 0 Å². The predicted octanol–water partition coefficient (Wildman–Crippen LogP) is 5.68. The Labute approximate surface area is 148 Å². The molecule has 0 saturated carbocycles. The summed E-state index contributed by atoms with van der Waals surface area (Å²) < 4.78 is 0. The third-order valence-corrected chi connectivity index (χ3v) is 4.25. The second-order valence-electron chi connectivity index (χ2n) is 4.93. The minimum atomic E-state index is 0. The number of hydrogen-bond acceptors (Lipinski definition) is 4. The fourth-order valence-corrected chi connectivity index (χ4v) is 3.16. The number of nitrogens with zero attached hydrogens (tertiary/aromatic N) is 2. The summed E-state index contributed by atoms with van der Waals surface area (Å²) in [6, 6.07) is 18.5. The lowest BCUT2D eigenvalue weighted by atomic mass is 10.1. The molecule has 1 N–H and O–H groups in total. The number of aromatic nitrogens is 2. The van der Waals surface area contributed by atoms with Gasteiger partial charge >= 0.3 is 0 Å². The minimum Gasteiger partial charge on any atom is -0.331 e. The molecule has 4 rings (SSSR count). The SMILES string of the molecule is Br.c1cncc(-c2csc(Nc3cccc4ccccc34)n2)c1. The van der Waals surface area contributed by atoms with Gasteiger partial charge in [-0.3, -0.25) is 4.98 Å². The summed E-state index contributed by atoms with van der Waals surface area (Å²) in [5.74, 6) is 0. The number of benzene rings is 2. The van der Waals surface area contributed by atoms with Crippen molar-refractivity contribution in [2.24, 2.45) is 0 Å². The largest absolute Gasteiger partial charge is 0.331 e. The van der Waals surface area contributed by atoms with Crippen molar-refractivity contribution in [3.63, 3.8) is 0 Å². The third-order valence-electron chi connectivity index (χ3n) is 3.49. The molecule has 0 saturated heterocycles. The molecule has 0 aliphatic carbocycles. The van der Waals surface area contributed by atoms with E-state index in [1.807, 2.05) is 23.7 Å². The lowest BCUT2D eigenvalue weighted by Crippen LogP contribution is -1.91. The molecule has 0 radical (unpaired) electrons. The highest BCUT2D eigenvalue weighted by Crippen LogP contribution is 2.30. The van der Waals surface area contributed by atoms with E-state index in [4.69, 9.17) is 0 Å². The molecule has 4 aromatic rings. The van der Waals surface area contributed by atoms with Gasteiger partial charge < -0.3 is 5.32 Å². The number of nitrogens with one attached hydrogen (secondary N) is 1. The van der Waals surface area contributed by atoms with E-state index >= 15 is 0 Å². The summed E-state index contributed by atoms with van der Waals surface area (Å²) in [5.41, 5.74) is 3.05. The highest BCUT2D eigenvalue weighted by atomic mass is 79.9. The Bertz CT molecular complexity index is 916. The first-order valence-electron chi connectivity index (χ1n) is 7.01. The van der Waals surface area contributed by atoms with Gasteiger partial charge in [-0.2, -0.15) is 0 Å². The third kappa shape index (κ3) is 3.25. The van der Waals surface area contributed by atoms with E-state index in [0.29, 0.717) is 0 Å². The van der Waals surface area contributed by atoms with Crippen LogP contribution in [0.3, 0.4) is 0 Å². The number of anilines is 2. The molecule has 0 spiro atoms. The van der Waals surface area contributed by atoms with Crippen molar-refractivity contribution in [2.45, 2.75) is 0 Å². The molecule has 0 bridgehead atoms. The number of fused-ring (bicyclic) bond motifs is 1. The standard InChI is InChI=1S/C18H13N3S.BrH/c1-2-8-15-13(5-1)6-3-9-16(15)20-18-21-17(12-22-18)14-7-4-10-19-11-14;/h1-12H,(H,20,21);1H. The number of halogens is 1. The van der Waals surface area contributed by atoms with Gasteiger partial charge in [0.2, 0.25) is 0 Å². The number of pyridine rings is 1. The van der Waals surface area contributed by atoms with Gasteiger partial charge in [0.25, 0.3) is 0 Å². The monoisotopic (exact) mass is 383 g/mol. The van der Waals surface area contributed by atoms with Crippen LogP contribution in [0, 0.1) is 0 Å². The van der Waals surface area contributed by atoms with Crippen LogP contribution in [0.25, 0.3) is 22.0 Å². The topological polar surface area (TPSA) is 37.8 Å². The molecule has 5 heteroatoms. The average Bonchev–Trinajstić information content (AvgIpc) is 3.05. The van der Waals surface area contributed by atoms with Crippen molar-refractivity contribution in [1.82, 2.24) is 9.97 Å². The molecule has 114 valence electrons. The fourth-order valence-electron chi connectivity index (χ4n) is 2.43. The number of rotatable bonds is 3. The molecule has 0 fully saturated rings. The van der Waals surface area contributed by atoms with Gasteiger partial charge in [0.1, 0.15) is 0 Å². The summed E-state index contributed by atoms with van der Waals surface area (Å²) in [7, 11) is 0. The zero-order chi connectivity index (χ0) is 14.8. The van der Waals surface area contributed by atoms with E-state index in [-0.39, 0.29) is 17.0 Å². The summed E-state index contributed by atoms with van der Waals surface area (Å²) in [6.07, 6.45) is 3.60. The smallest absolute Gasteiger partial charge is 0.187 e. The molecule has 0 unspecified atom stereocenters. The second-order valence-corrected chi connectivity index (χ2v) is 5.79. The Morgan fingerprint density at radius 3 is 2.65 bits per heavy atom. The van der Waals surface area contributed by atoms with Crippen LogP contribution in [0.15, 0.2) is 72.4 Å². The lowest BCUT2D eigenvalue weighted by Gasteiger charge is -2.06. The van der Waals surface area contributed by atoms with Gasteiger partial charge in [-0.15, -0.1) is 28.3 Å². The van der Waals surface area contributed by atoms with E-state index in [1.165, 1.54) is 10.8 Å². The van der Waals surface area contributed by atoms with Crippen molar-refractivity contribution in [3.8, 4) is 11.3 Å². The quantitative estimate of drug-likeness (QED) is 0.494. The highest BCUT2D eigenvalue weighted by Gasteiger charge is 2.06. The van der Waals surface area contributed by atoms with Crippen LogP contribution in [0.2, 0.25) is 0 Å². The minimum absolute atomic E-state index is 0. The summed E-state index contributed by atoms with van der Waals surface area (Å²) >= 11 is 1.60. The zero-order valence-electron chi connectivity index (χ0n) is 12.1. The highest BCUT2D eigenvalue weighted by molar-refractivity contribution is 8.93. The fraction of sp³-hybridized carbons (Fsp3) is 0. The number of thiazole rings is 1. The summed E-state index contributed by atoms with van der Waals surface area (Å²) in [4.78, 5) is 8.79. The van der Waals surface area contributed by atoms with E-state index in [0.717, 1.165) is 22.1 Å². The van der Waals surface area contributed by atoms with E-state index in [2.05, 4.69) is 57.7 Å². The molecule has 2 aromatic carbocycles. The predicted molar refractivity (Wildman–Crippen MR) is 103 cm³/mol. The lowest BCUT2D eigenvalue weighted by molar-refractivity contribution is 1.30. The molecule has 3 nitrogen and oxygen atoms in total. The molecule has 0 aliphatic heterocycles. The second kappa shape index (κ2) is 6.89. The Morgan fingerprint density at radius 2 is 1.78 bits per heavy atom. The van der Waals surface area contributed by atoms with Gasteiger partial charge in [0.05, 0.1) is 5.69 Å². The first kappa shape index (κ1) is 15.6. The molecular weight excluding hydrogens is 370 g/mol. The normalized spacial score (nSPS) is 10.3. The van der Waals surface area contributed by atoms with Gasteiger partial charge in [-0.25, -0.2) is 4.98 Å². The summed E-state index contributed by atoms with van der Waals surface area (Å²) in [6.45, 7) is 0. The van der Waals surface area contributed by atoms with Crippen LogP contribution in [-0.4, -0.2) is 9.97 Å². The molecule has 23 heavy (non-hydrogen) atoms. The van der Waals surface area contributed by atoms with Gasteiger partial charge in [-0.1, -0.05) is 36.4 Å². The van der Waals surface area contributed by atoms with Crippen molar-refractivity contribution in [1.29, 1.82) is 0 Å². The maximum absolute atomic E-state index is 4.65. The van der Waals surface area contributed by atoms with Crippen LogP contribution in [0.5, 0.6) is 0 Å². The Kier molecular flexibility index (Phi) is 4.69. The Hall–Kier alpha value is -2.24. The Balaban J connectivity index is 0.00000156. The van der Waals surface area contributed by atoms with E-state index in [9.17, 15) is 0 Å². The van der Waals surface area contributed by atoms with Crippen molar-refractivity contribution in [2.75, 3.05) is 5.32 Å². The van der Waals surface area contributed by atoms with Crippen LogP contribution in [0.4, 0.5) is 10.8 Å². The maximum atomic E-state index is 4.65. The van der Waals surface area contributed by atoms with Crippen molar-refractivity contribution >= 4 is 49.9 Å². The molecule has 2 aromatic heterocycles. The molecule has 0 aliphatic rings. The van der Waals surface area contributed by atoms with Crippen molar-refractivity contribution in [3.05, 3.63) is 72.4 Å². The number of hydrogen-bond donors (Lipinski definition) is 1. The van der Waals surface area contributed by atoms with Crippen LogP contribution < -0.4 is 5.32 Å². The summed E-state index contributed by atoms with van der Waals surface area (Å²) in [5, 5.41) is 8.77. The van der Waals surface area contributed by atoms with Gasteiger partial charge in [-0.05, 0) is 23.6 Å². The van der Waals surface area contributed by atoms with Crippen LogP contribution in [0.1, 0.15) is 0 Å². The van der Waals surface area contributed by atoms with E-state index in [1.54, 1.807) is 17.5 Å². The molecule has 2 heterocycles. The first-order chi connectivity index (χ1) is 10.9. The van der Waals surface area contributed by atoms with Crippen LogP contribution >= 0.6 is 28.3 Å². The van der Waals surface area contributed by atoms with Crippen LogP contribution in [-0.2, 0) is 0 Å². The van der Waals surface area contributed by atoms with Gasteiger partial charge in [0, 0.05) is 34.4 Å². The first-order valence-corrected chi connectivity index (χ1v) is 7.89. The van der Waals surface area contributed by atoms with E-state index < -0.39 is 0 Å². The van der Waals surface area contributed by atoms with Gasteiger partial charge in [0.15, 0.2) is 5.13 Å². The Morgan fingerprint density at radius 1 is 0.913 bits per heavy atom. The molecule has 0 atom stereocenters. The zero-order valence-corrected chi connectivity index (χ0v) is 14.7. The maximum Gasteiger partial charge on any atom is 0.187 e. The molecular formula is C18H14BrN3S. The molecule has 0 amide bonds.